The Bertz CT molecular complexity index is 2550. The molecule has 0 amide bonds. The van der Waals surface area contributed by atoms with Gasteiger partial charge in [-0.15, -0.1) is 0 Å². The molecule has 10 rings (SSSR count). The molecule has 1 aliphatic carbocycles. The molecular formula is C51H38N2. The molecule has 0 atom stereocenters. The second-order valence-electron chi connectivity index (χ2n) is 14.7. The van der Waals surface area contributed by atoms with E-state index in [4.69, 9.17) is 0 Å². The fourth-order valence-electron chi connectivity index (χ4n) is 8.42. The summed E-state index contributed by atoms with van der Waals surface area (Å²) in [5, 5.41) is 0. The second-order valence-corrected chi connectivity index (χ2v) is 14.7. The van der Waals surface area contributed by atoms with Crippen LogP contribution in [0.1, 0.15) is 58.4 Å². The van der Waals surface area contributed by atoms with Crippen LogP contribution in [0.5, 0.6) is 0 Å². The minimum absolute atomic E-state index is 0.149. The zero-order valence-electron chi connectivity index (χ0n) is 29.9. The van der Waals surface area contributed by atoms with Crippen LogP contribution in [0.25, 0.3) is 47.6 Å². The van der Waals surface area contributed by atoms with E-state index in [1.165, 1.54) is 84.1 Å². The number of hydrogen-bond donors (Lipinski definition) is 0. The van der Waals surface area contributed by atoms with Crippen LogP contribution >= 0.6 is 0 Å². The van der Waals surface area contributed by atoms with Gasteiger partial charge in [-0.25, -0.2) is 0 Å². The van der Waals surface area contributed by atoms with Crippen LogP contribution in [-0.2, 0) is 5.41 Å². The summed E-state index contributed by atoms with van der Waals surface area (Å²) < 4.78 is 0. The van der Waals surface area contributed by atoms with Gasteiger partial charge in [-0.2, -0.15) is 0 Å². The molecule has 0 unspecified atom stereocenters. The van der Waals surface area contributed by atoms with E-state index in [0.29, 0.717) is 0 Å². The van der Waals surface area contributed by atoms with Crippen molar-refractivity contribution < 1.29 is 0 Å². The maximum absolute atomic E-state index is 2.42. The highest BCUT2D eigenvalue weighted by Crippen LogP contribution is 2.52. The third-order valence-corrected chi connectivity index (χ3v) is 11.2. The highest BCUT2D eigenvalue weighted by atomic mass is 15.2. The smallest absolute Gasteiger partial charge is 0.0534 e. The maximum atomic E-state index is 2.42. The molecule has 0 N–H and O–H groups in total. The summed E-state index contributed by atoms with van der Waals surface area (Å²) in [5.74, 6) is 0. The third-order valence-electron chi connectivity index (χ3n) is 11.2. The Morgan fingerprint density at radius 1 is 0.377 bits per heavy atom. The highest BCUT2D eigenvalue weighted by Gasteiger charge is 2.36. The van der Waals surface area contributed by atoms with Crippen LogP contribution in [0.4, 0.5) is 34.1 Å². The van der Waals surface area contributed by atoms with Gasteiger partial charge in [0.2, 0.25) is 0 Å². The highest BCUT2D eigenvalue weighted by molar-refractivity contribution is 5.95. The Kier molecular flexibility index (Phi) is 7.19. The Hall–Kier alpha value is -6.64. The minimum Gasteiger partial charge on any atom is -0.309 e. The van der Waals surface area contributed by atoms with Crippen LogP contribution in [-0.4, -0.2) is 0 Å². The largest absolute Gasteiger partial charge is 0.309 e. The number of fused-ring (bicyclic) bond motifs is 7. The van der Waals surface area contributed by atoms with Crippen LogP contribution in [0.2, 0.25) is 0 Å². The molecule has 0 aromatic heterocycles. The van der Waals surface area contributed by atoms with Crippen LogP contribution in [0.3, 0.4) is 0 Å². The van der Waals surface area contributed by atoms with E-state index < -0.39 is 0 Å². The van der Waals surface area contributed by atoms with Crippen LogP contribution in [0, 0.1) is 0 Å². The zero-order chi connectivity index (χ0) is 35.5. The van der Waals surface area contributed by atoms with Crippen LogP contribution in [0.15, 0.2) is 158 Å². The molecule has 7 aromatic rings. The summed E-state index contributed by atoms with van der Waals surface area (Å²) >= 11 is 0. The molecule has 0 spiro atoms. The van der Waals surface area contributed by atoms with Crippen molar-refractivity contribution in [1.82, 2.24) is 0 Å². The number of nitrogens with zero attached hydrogens (tertiary/aromatic N) is 2. The molecule has 2 heterocycles. The molecule has 2 heteroatoms. The van der Waals surface area contributed by atoms with Crippen molar-refractivity contribution >= 4 is 70.6 Å². The van der Waals surface area contributed by atoms with Gasteiger partial charge in [-0.1, -0.05) is 159 Å². The van der Waals surface area contributed by atoms with Gasteiger partial charge in [0.1, 0.15) is 0 Å². The summed E-state index contributed by atoms with van der Waals surface area (Å²) in [7, 11) is 0. The lowest BCUT2D eigenvalue weighted by molar-refractivity contribution is 0.660. The van der Waals surface area contributed by atoms with Crippen molar-refractivity contribution in [2.75, 3.05) is 9.80 Å². The number of para-hydroxylation sites is 4. The van der Waals surface area contributed by atoms with Gasteiger partial charge in [-0.3, -0.25) is 0 Å². The summed E-state index contributed by atoms with van der Waals surface area (Å²) in [5.41, 5.74) is 19.5. The molecule has 0 fully saturated rings. The molecule has 7 aromatic carbocycles. The SMILES string of the molecule is CC1(C)c2cc(/C=C/c3ccc(N4c5ccccc5C=Cc5ccccc54)cc3)ccc2-c2ccc(N3c4ccccc4C=Cc4ccccc43)cc21. The van der Waals surface area contributed by atoms with E-state index in [1.54, 1.807) is 0 Å². The van der Waals surface area contributed by atoms with E-state index in [2.05, 4.69) is 218 Å². The van der Waals surface area contributed by atoms with Gasteiger partial charge in [0.15, 0.2) is 0 Å². The molecule has 2 nitrogen and oxygen atoms in total. The van der Waals surface area contributed by atoms with E-state index in [1.807, 2.05) is 0 Å². The van der Waals surface area contributed by atoms with E-state index >= 15 is 0 Å². The first-order valence-corrected chi connectivity index (χ1v) is 18.4. The summed E-state index contributed by atoms with van der Waals surface area (Å²) in [4.78, 5) is 4.79. The topological polar surface area (TPSA) is 6.48 Å². The normalized spacial score (nSPS) is 14.5. The molecule has 0 saturated carbocycles. The quantitative estimate of drug-likeness (QED) is 0.171. The third kappa shape index (κ3) is 5.18. The minimum atomic E-state index is -0.149. The van der Waals surface area contributed by atoms with Crippen molar-refractivity contribution in [2.24, 2.45) is 0 Å². The Morgan fingerprint density at radius 3 is 1.26 bits per heavy atom. The number of benzene rings is 7. The molecule has 252 valence electrons. The first kappa shape index (κ1) is 31.1. The molecule has 3 aliphatic rings. The van der Waals surface area contributed by atoms with Gasteiger partial charge in [0.05, 0.1) is 22.7 Å². The zero-order valence-corrected chi connectivity index (χ0v) is 29.9. The molecule has 53 heavy (non-hydrogen) atoms. The fraction of sp³-hybridized carbons (Fsp3) is 0.0588. The van der Waals surface area contributed by atoms with E-state index in [9.17, 15) is 0 Å². The van der Waals surface area contributed by atoms with Gasteiger partial charge in [0.25, 0.3) is 0 Å². The van der Waals surface area contributed by atoms with E-state index in [-0.39, 0.29) is 5.41 Å². The predicted molar refractivity (Wildman–Crippen MR) is 227 cm³/mol. The lowest BCUT2D eigenvalue weighted by Gasteiger charge is -2.29. The summed E-state index contributed by atoms with van der Waals surface area (Å²) in [6, 6.07) is 57.5. The van der Waals surface area contributed by atoms with Gasteiger partial charge >= 0.3 is 0 Å². The summed E-state index contributed by atoms with van der Waals surface area (Å²) in [6.07, 6.45) is 13.4. The average molecular weight is 679 g/mol. The van der Waals surface area contributed by atoms with Crippen molar-refractivity contribution in [2.45, 2.75) is 19.3 Å². The lowest BCUT2D eigenvalue weighted by atomic mass is 9.81. The molecular weight excluding hydrogens is 641 g/mol. The van der Waals surface area contributed by atoms with Gasteiger partial charge < -0.3 is 9.80 Å². The van der Waals surface area contributed by atoms with Crippen molar-refractivity contribution in [1.29, 1.82) is 0 Å². The van der Waals surface area contributed by atoms with Gasteiger partial charge in [0, 0.05) is 16.8 Å². The van der Waals surface area contributed by atoms with Gasteiger partial charge in [-0.05, 0) is 104 Å². The van der Waals surface area contributed by atoms with Crippen molar-refractivity contribution in [3.05, 3.63) is 202 Å². The monoisotopic (exact) mass is 678 g/mol. The van der Waals surface area contributed by atoms with E-state index in [0.717, 1.165) is 5.69 Å². The van der Waals surface area contributed by atoms with Crippen LogP contribution < -0.4 is 9.80 Å². The molecule has 0 bridgehead atoms. The van der Waals surface area contributed by atoms with Crippen molar-refractivity contribution in [3.63, 3.8) is 0 Å². The Morgan fingerprint density at radius 2 is 0.755 bits per heavy atom. The van der Waals surface area contributed by atoms with Crippen molar-refractivity contribution in [3.8, 4) is 11.1 Å². The predicted octanol–water partition coefficient (Wildman–Crippen LogP) is 14.1. The Labute approximate surface area is 311 Å². The Balaban J connectivity index is 0.954. The lowest BCUT2D eigenvalue weighted by Crippen LogP contribution is -2.17. The molecule has 0 saturated heterocycles. The maximum Gasteiger partial charge on any atom is 0.0534 e. The number of anilines is 6. The fourth-order valence-corrected chi connectivity index (χ4v) is 8.42. The average Bonchev–Trinajstić information content (AvgIpc) is 3.33. The summed E-state index contributed by atoms with van der Waals surface area (Å²) in [6.45, 7) is 4.74. The standard InChI is InChI=1S/C51H38N2/c1-51(2)45-33-36(20-19-35-21-28-41(29-22-35)52-47-15-7-3-11-37(47)24-25-38-12-4-8-16-48(38)52)23-31-43(45)44-32-30-42(34-46(44)51)53-49-17-9-5-13-39(49)26-27-40-14-6-10-18-50(40)53/h3-34H,1-2H3/b20-19+. The number of rotatable bonds is 4. The first-order chi connectivity index (χ1) is 26.0. The number of hydrogen-bond acceptors (Lipinski definition) is 2. The second kappa shape index (κ2) is 12.3. The first-order valence-electron chi connectivity index (χ1n) is 18.4. The molecule has 0 radical (unpaired) electrons. The molecule has 2 aliphatic heterocycles.